The lowest BCUT2D eigenvalue weighted by Gasteiger charge is -2.07. The molecule has 82 valence electrons. The number of rotatable bonds is 2. The normalized spacial score (nSPS) is 13.9. The minimum atomic E-state index is -0.289. The van der Waals surface area contributed by atoms with Gasteiger partial charge in [-0.15, -0.1) is 0 Å². The summed E-state index contributed by atoms with van der Waals surface area (Å²) in [6.45, 7) is 0. The maximum Gasteiger partial charge on any atom is 0.259 e. The second kappa shape index (κ2) is 5.07. The zero-order chi connectivity index (χ0) is 11.4. The lowest BCUT2D eigenvalue weighted by Crippen LogP contribution is -2.22. The maximum absolute atomic E-state index is 11.8. The zero-order valence-corrected chi connectivity index (χ0v) is 10.5. The van der Waals surface area contributed by atoms with Crippen molar-refractivity contribution in [3.63, 3.8) is 0 Å². The average Bonchev–Trinajstić information content (AvgIpc) is 2.31. The summed E-state index contributed by atoms with van der Waals surface area (Å²) in [7, 11) is 0. The predicted molar refractivity (Wildman–Crippen MR) is 72.9 cm³/mol. The number of aromatic hydroxyl groups is 1. The molecule has 1 aliphatic rings. The highest BCUT2D eigenvalue weighted by Gasteiger charge is 2.10. The number of amides is 1. The van der Waals surface area contributed by atoms with Crippen LogP contribution in [0.3, 0.4) is 0 Å². The number of benzene rings is 1. The van der Waals surface area contributed by atoms with Gasteiger partial charge in [0.2, 0.25) is 0 Å². The number of para-hydroxylation sites is 1. The number of carbonyl (C=O) groups is 1. The van der Waals surface area contributed by atoms with Crippen LogP contribution in [0.5, 0.6) is 5.75 Å². The molecule has 1 amide bonds. The first-order chi connectivity index (χ1) is 7.77. The van der Waals surface area contributed by atoms with E-state index in [0.29, 0.717) is 0 Å². The molecule has 0 aliphatic carbocycles. The summed E-state index contributed by atoms with van der Waals surface area (Å²) in [5.74, 6) is -0.292. The summed E-state index contributed by atoms with van der Waals surface area (Å²) in [6.07, 6.45) is 3.79. The minimum Gasteiger partial charge on any atom is -0.507 e. The molecule has 0 bridgehead atoms. The summed E-state index contributed by atoms with van der Waals surface area (Å²) in [5.41, 5.74) is 1.05. The zero-order valence-electron chi connectivity index (χ0n) is 8.35. The summed E-state index contributed by atoms with van der Waals surface area (Å²) < 4.78 is 4.14. The van der Waals surface area contributed by atoms with Crippen molar-refractivity contribution in [3.05, 3.63) is 51.8 Å². The molecule has 1 aromatic rings. The van der Waals surface area contributed by atoms with E-state index in [4.69, 9.17) is 0 Å². The van der Waals surface area contributed by atoms with E-state index >= 15 is 0 Å². The van der Waals surface area contributed by atoms with Gasteiger partial charge in [-0.05, 0) is 32.4 Å². The van der Waals surface area contributed by atoms with Crippen molar-refractivity contribution in [1.29, 1.82) is 0 Å². The second-order valence-corrected chi connectivity index (χ2v) is 5.30. The van der Waals surface area contributed by atoms with Crippen LogP contribution in [0.2, 0.25) is 0 Å². The minimum absolute atomic E-state index is 0.00297. The molecule has 0 saturated heterocycles. The molecule has 0 radical (unpaired) electrons. The second-order valence-electron chi connectivity index (χ2n) is 3.14. The van der Waals surface area contributed by atoms with Crippen molar-refractivity contribution < 1.29 is 9.90 Å². The van der Waals surface area contributed by atoms with Crippen LogP contribution in [0.25, 0.3) is 0 Å². The molecule has 1 aromatic carbocycles. The van der Waals surface area contributed by atoms with E-state index in [-0.39, 0.29) is 38.0 Å². The first-order valence-electron chi connectivity index (χ1n) is 4.69. The van der Waals surface area contributed by atoms with E-state index in [9.17, 15) is 9.90 Å². The number of halogens is 1. The van der Waals surface area contributed by atoms with Crippen LogP contribution >= 0.6 is 20.7 Å². The number of nitrogens with one attached hydrogen (secondary N) is 1. The number of phenolic OH excluding ortho intramolecular Hbond substituents is 1. The fourth-order valence-electron chi connectivity index (χ4n) is 1.25. The van der Waals surface area contributed by atoms with Crippen molar-refractivity contribution >= 4 is 30.6 Å². The van der Waals surface area contributed by atoms with Gasteiger partial charge < -0.3 is 10.4 Å². The van der Waals surface area contributed by atoms with Crippen LogP contribution in [0.4, 0.5) is 0 Å². The number of hydrogen-bond donors (Lipinski definition) is 2. The van der Waals surface area contributed by atoms with Crippen LogP contribution in [-0.2, 0) is 0 Å². The van der Waals surface area contributed by atoms with Gasteiger partial charge in [0, 0.05) is 5.70 Å². The van der Waals surface area contributed by atoms with Gasteiger partial charge in [0.15, 0.2) is 0 Å². The molecular formula is C12H10INO2. The Morgan fingerprint density at radius 3 is 2.81 bits per heavy atom. The van der Waals surface area contributed by atoms with Crippen LogP contribution in [0.1, 0.15) is 10.4 Å². The van der Waals surface area contributed by atoms with E-state index in [1.54, 1.807) is 18.2 Å². The molecule has 2 N–H and O–H groups in total. The lowest BCUT2D eigenvalue weighted by molar-refractivity contribution is 0.0964. The van der Waals surface area contributed by atoms with Gasteiger partial charge in [-0.1, -0.05) is 32.9 Å². The van der Waals surface area contributed by atoms with Crippen molar-refractivity contribution in [2.75, 3.05) is 0 Å². The molecule has 0 fully saturated rings. The van der Waals surface area contributed by atoms with Gasteiger partial charge in [-0.3, -0.25) is 4.79 Å². The van der Waals surface area contributed by atoms with Gasteiger partial charge in [0.25, 0.3) is 5.91 Å². The summed E-state index contributed by atoms with van der Waals surface area (Å²) in [4.78, 5) is 11.8. The van der Waals surface area contributed by atoms with Crippen molar-refractivity contribution in [3.8, 4) is 5.75 Å². The highest BCUT2D eigenvalue weighted by molar-refractivity contribution is 14.2. The number of allylic oxidation sites excluding steroid dienone is 2. The van der Waals surface area contributed by atoms with Gasteiger partial charge in [0.05, 0.1) is 5.56 Å². The Morgan fingerprint density at radius 2 is 2.12 bits per heavy atom. The first-order valence-corrected chi connectivity index (χ1v) is 7.18. The summed E-state index contributed by atoms with van der Waals surface area (Å²) in [5, 5.41) is 12.2. The fourth-order valence-corrected chi connectivity index (χ4v) is 2.68. The molecule has 0 spiro atoms. The number of carbonyl (C=O) groups excluding carboxylic acids is 1. The number of phenols is 1. The number of hydrogen-bond acceptors (Lipinski definition) is 2. The molecule has 2 rings (SSSR count). The lowest BCUT2D eigenvalue weighted by atomic mass is 10.2. The SMILES string of the molecule is O=C(NC1=CC=IC=C1)c1ccccc1O. The largest absolute Gasteiger partial charge is 0.507 e. The van der Waals surface area contributed by atoms with Crippen LogP contribution in [-0.4, -0.2) is 15.0 Å². The van der Waals surface area contributed by atoms with Gasteiger partial charge >= 0.3 is 0 Å². The third kappa shape index (κ3) is 2.57. The highest BCUT2D eigenvalue weighted by atomic mass is 127. The Morgan fingerprint density at radius 1 is 1.31 bits per heavy atom. The molecule has 1 heterocycles. The topological polar surface area (TPSA) is 49.3 Å². The van der Waals surface area contributed by atoms with Crippen molar-refractivity contribution in [2.45, 2.75) is 0 Å². The third-order valence-electron chi connectivity index (χ3n) is 2.04. The van der Waals surface area contributed by atoms with Crippen molar-refractivity contribution in [2.24, 2.45) is 0 Å². The standard InChI is InChI=1S/C12H10INO2/c15-11-4-2-1-3-10(11)12(16)14-9-5-7-13-8-6-9/h1-8,15H,(H,14,16). The average molecular weight is 327 g/mol. The molecule has 0 aromatic heterocycles. The Hall–Kier alpha value is -1.43. The smallest absolute Gasteiger partial charge is 0.259 e. The van der Waals surface area contributed by atoms with E-state index in [1.165, 1.54) is 6.07 Å². The van der Waals surface area contributed by atoms with Crippen LogP contribution in [0, 0.1) is 0 Å². The van der Waals surface area contributed by atoms with Gasteiger partial charge in [-0.2, -0.15) is 0 Å². The predicted octanol–water partition coefficient (Wildman–Crippen LogP) is 2.31. The fraction of sp³-hybridized carbons (Fsp3) is 0. The molecular weight excluding hydrogens is 317 g/mol. The quantitative estimate of drug-likeness (QED) is 0.819. The highest BCUT2D eigenvalue weighted by Crippen LogP contribution is 2.16. The molecule has 3 nitrogen and oxygen atoms in total. The molecule has 0 unspecified atom stereocenters. The molecule has 16 heavy (non-hydrogen) atoms. The Bertz CT molecular complexity index is 503. The van der Waals surface area contributed by atoms with E-state index < -0.39 is 0 Å². The maximum atomic E-state index is 11.8. The summed E-state index contributed by atoms with van der Waals surface area (Å²) in [6, 6.07) is 6.49. The van der Waals surface area contributed by atoms with Crippen LogP contribution in [0.15, 0.2) is 46.2 Å². The molecule has 0 saturated carbocycles. The van der Waals surface area contributed by atoms with Gasteiger partial charge in [0.1, 0.15) is 5.75 Å². The van der Waals surface area contributed by atoms with E-state index in [0.717, 1.165) is 5.70 Å². The molecule has 1 aliphatic heterocycles. The monoisotopic (exact) mass is 327 g/mol. The third-order valence-corrected chi connectivity index (χ3v) is 3.59. The molecule has 0 atom stereocenters. The Kier molecular flexibility index (Phi) is 3.51. The van der Waals surface area contributed by atoms with Crippen LogP contribution < -0.4 is 5.32 Å². The summed E-state index contributed by atoms with van der Waals surface area (Å²) >= 11 is 0.0174. The Balaban J connectivity index is 2.15. The first kappa shape index (κ1) is 11.1. The van der Waals surface area contributed by atoms with Gasteiger partial charge in [-0.25, -0.2) is 0 Å². The van der Waals surface area contributed by atoms with Crippen molar-refractivity contribution in [1.82, 2.24) is 5.32 Å². The Labute approximate surface area is 103 Å². The van der Waals surface area contributed by atoms with E-state index in [2.05, 4.69) is 13.4 Å². The molecule has 4 heteroatoms. The van der Waals surface area contributed by atoms with E-state index in [1.807, 2.05) is 12.2 Å².